The van der Waals surface area contributed by atoms with E-state index in [1.54, 1.807) is 0 Å². The number of nitrogens with zero attached hydrogens (tertiary/aromatic N) is 3. The van der Waals surface area contributed by atoms with Crippen LogP contribution in [0.5, 0.6) is 0 Å². The van der Waals surface area contributed by atoms with Gasteiger partial charge in [0.2, 0.25) is 0 Å². The standard InChI is InChI=1S/C30H29N3O/c34-33-29(23-11-20-26-15-6-2-7-16-26)31-28(22-10-19-25-13-4-1-5-14-25)32-30(33)24-12-21-27-17-8-3-9-18-27/h1-21,29,34H,22-24H2. The van der Waals surface area contributed by atoms with Crippen LogP contribution >= 0.6 is 0 Å². The molecule has 0 aliphatic carbocycles. The minimum atomic E-state index is -0.405. The van der Waals surface area contributed by atoms with Crippen molar-refractivity contribution in [2.24, 2.45) is 9.98 Å². The minimum Gasteiger partial charge on any atom is -0.285 e. The highest BCUT2D eigenvalue weighted by atomic mass is 16.5. The summed E-state index contributed by atoms with van der Waals surface area (Å²) in [5, 5.41) is 12.1. The highest BCUT2D eigenvalue weighted by Crippen LogP contribution is 2.17. The molecule has 4 heteroatoms. The van der Waals surface area contributed by atoms with Crippen molar-refractivity contribution in [3.8, 4) is 0 Å². The molecule has 3 aromatic carbocycles. The van der Waals surface area contributed by atoms with Crippen LogP contribution < -0.4 is 0 Å². The van der Waals surface area contributed by atoms with E-state index in [4.69, 9.17) is 4.99 Å². The lowest BCUT2D eigenvalue weighted by Crippen LogP contribution is -2.40. The first-order chi connectivity index (χ1) is 16.8. The van der Waals surface area contributed by atoms with E-state index in [1.807, 2.05) is 85.0 Å². The molecule has 0 saturated heterocycles. The van der Waals surface area contributed by atoms with Crippen LogP contribution in [0, 0.1) is 0 Å². The van der Waals surface area contributed by atoms with Crippen LogP contribution in [0.4, 0.5) is 0 Å². The molecule has 0 saturated carbocycles. The van der Waals surface area contributed by atoms with Crippen LogP contribution in [-0.4, -0.2) is 28.1 Å². The van der Waals surface area contributed by atoms with E-state index in [9.17, 15) is 5.21 Å². The average molecular weight is 448 g/mol. The van der Waals surface area contributed by atoms with Gasteiger partial charge in [-0.3, -0.25) is 5.21 Å². The quantitative estimate of drug-likeness (QED) is 0.379. The van der Waals surface area contributed by atoms with Gasteiger partial charge >= 0.3 is 0 Å². The summed E-state index contributed by atoms with van der Waals surface area (Å²) in [4.78, 5) is 9.38. The summed E-state index contributed by atoms with van der Waals surface area (Å²) in [6.45, 7) is 0. The molecule has 0 radical (unpaired) electrons. The molecule has 1 aliphatic heterocycles. The monoisotopic (exact) mass is 447 g/mol. The molecule has 4 nitrogen and oxygen atoms in total. The first kappa shape index (κ1) is 23.1. The van der Waals surface area contributed by atoms with Gasteiger partial charge in [-0.1, -0.05) is 127 Å². The van der Waals surface area contributed by atoms with Gasteiger partial charge < -0.3 is 0 Å². The van der Waals surface area contributed by atoms with Crippen molar-refractivity contribution in [1.82, 2.24) is 5.06 Å². The number of amidine groups is 2. The summed E-state index contributed by atoms with van der Waals surface area (Å²) >= 11 is 0. The van der Waals surface area contributed by atoms with Crippen molar-refractivity contribution in [2.45, 2.75) is 25.4 Å². The minimum absolute atomic E-state index is 0.405. The maximum atomic E-state index is 10.9. The van der Waals surface area contributed by atoms with Crippen LogP contribution in [0.2, 0.25) is 0 Å². The van der Waals surface area contributed by atoms with Crippen molar-refractivity contribution >= 4 is 29.9 Å². The van der Waals surface area contributed by atoms with E-state index in [1.165, 1.54) is 5.06 Å². The maximum Gasteiger partial charge on any atom is 0.152 e. The van der Waals surface area contributed by atoms with Crippen LogP contribution in [0.1, 0.15) is 36.0 Å². The fraction of sp³-hybridized carbons (Fsp3) is 0.133. The second kappa shape index (κ2) is 12.3. The van der Waals surface area contributed by atoms with Crippen molar-refractivity contribution in [1.29, 1.82) is 0 Å². The normalized spacial score (nSPS) is 16.4. The van der Waals surface area contributed by atoms with Crippen molar-refractivity contribution in [3.63, 3.8) is 0 Å². The van der Waals surface area contributed by atoms with Crippen molar-refractivity contribution in [3.05, 3.63) is 126 Å². The molecule has 0 aromatic heterocycles. The molecule has 1 unspecified atom stereocenters. The lowest BCUT2D eigenvalue weighted by atomic mass is 10.1. The fourth-order valence-corrected chi connectivity index (χ4v) is 3.64. The van der Waals surface area contributed by atoms with Crippen LogP contribution in [0.15, 0.2) is 119 Å². The van der Waals surface area contributed by atoms with E-state index in [0.29, 0.717) is 25.1 Å². The SMILES string of the molecule is ON1C(CC=Cc2ccccc2)=NC(CC=Cc2ccccc2)=NC1CC=Cc1ccccc1. The summed E-state index contributed by atoms with van der Waals surface area (Å²) < 4.78 is 0. The summed E-state index contributed by atoms with van der Waals surface area (Å²) in [5.74, 6) is 1.32. The third-order valence-electron chi connectivity index (χ3n) is 5.38. The van der Waals surface area contributed by atoms with E-state index in [2.05, 4.69) is 47.5 Å². The van der Waals surface area contributed by atoms with Gasteiger partial charge in [-0.05, 0) is 16.7 Å². The number of rotatable bonds is 9. The van der Waals surface area contributed by atoms with E-state index in [-0.39, 0.29) is 0 Å². The Bertz CT molecular complexity index is 1180. The second-order valence-corrected chi connectivity index (χ2v) is 7.98. The van der Waals surface area contributed by atoms with Crippen LogP contribution in [-0.2, 0) is 0 Å². The number of benzene rings is 3. The van der Waals surface area contributed by atoms with Gasteiger partial charge in [0.1, 0.15) is 11.7 Å². The molecule has 3 aromatic rings. The Kier molecular flexibility index (Phi) is 8.36. The first-order valence-corrected chi connectivity index (χ1v) is 11.5. The zero-order valence-corrected chi connectivity index (χ0v) is 19.1. The molecule has 1 atom stereocenters. The molecular formula is C30H29N3O. The predicted octanol–water partition coefficient (Wildman–Crippen LogP) is 7.12. The maximum absolute atomic E-state index is 10.9. The lowest BCUT2D eigenvalue weighted by molar-refractivity contribution is -0.0530. The van der Waals surface area contributed by atoms with Gasteiger partial charge in [0.15, 0.2) is 6.17 Å². The molecule has 1 heterocycles. The highest BCUT2D eigenvalue weighted by Gasteiger charge is 2.23. The third kappa shape index (κ3) is 6.99. The van der Waals surface area contributed by atoms with E-state index in [0.717, 1.165) is 22.5 Å². The Morgan fingerprint density at radius 1 is 0.647 bits per heavy atom. The molecular weight excluding hydrogens is 418 g/mol. The van der Waals surface area contributed by atoms with Gasteiger partial charge in [0.05, 0.1) is 0 Å². The van der Waals surface area contributed by atoms with Gasteiger partial charge in [0, 0.05) is 19.3 Å². The summed E-state index contributed by atoms with van der Waals surface area (Å²) in [6, 6.07) is 30.4. The predicted molar refractivity (Wildman–Crippen MR) is 143 cm³/mol. The molecule has 4 rings (SSSR count). The molecule has 170 valence electrons. The van der Waals surface area contributed by atoms with Crippen molar-refractivity contribution < 1.29 is 5.21 Å². The number of aliphatic imine (C=N–C) groups is 2. The molecule has 0 spiro atoms. The highest BCUT2D eigenvalue weighted by molar-refractivity contribution is 6.00. The van der Waals surface area contributed by atoms with Gasteiger partial charge in [-0.25, -0.2) is 15.0 Å². The Morgan fingerprint density at radius 2 is 1.12 bits per heavy atom. The van der Waals surface area contributed by atoms with Gasteiger partial charge in [-0.15, -0.1) is 0 Å². The number of hydrogen-bond donors (Lipinski definition) is 1. The van der Waals surface area contributed by atoms with Crippen LogP contribution in [0.25, 0.3) is 18.2 Å². The number of hydrogen-bond acceptors (Lipinski definition) is 4. The molecule has 34 heavy (non-hydrogen) atoms. The molecule has 0 amide bonds. The summed E-state index contributed by atoms with van der Waals surface area (Å²) in [6.07, 6.45) is 13.6. The lowest BCUT2D eigenvalue weighted by Gasteiger charge is -2.28. The average Bonchev–Trinajstić information content (AvgIpc) is 2.88. The number of hydroxylamine groups is 2. The van der Waals surface area contributed by atoms with Gasteiger partial charge in [0.25, 0.3) is 0 Å². The second-order valence-electron chi connectivity index (χ2n) is 7.98. The molecule has 0 bridgehead atoms. The van der Waals surface area contributed by atoms with Crippen LogP contribution in [0.3, 0.4) is 0 Å². The fourth-order valence-electron chi connectivity index (χ4n) is 3.64. The molecule has 1 aliphatic rings. The molecule has 1 N–H and O–H groups in total. The molecule has 0 fully saturated rings. The Balaban J connectivity index is 1.47. The van der Waals surface area contributed by atoms with E-state index < -0.39 is 6.17 Å². The zero-order chi connectivity index (χ0) is 23.4. The van der Waals surface area contributed by atoms with Gasteiger partial charge in [-0.2, -0.15) is 0 Å². The zero-order valence-electron chi connectivity index (χ0n) is 19.1. The topological polar surface area (TPSA) is 48.2 Å². The summed E-state index contributed by atoms with van der Waals surface area (Å²) in [5.41, 5.74) is 3.38. The Hall–Kier alpha value is -4.02. The largest absolute Gasteiger partial charge is 0.285 e. The third-order valence-corrected chi connectivity index (χ3v) is 5.38. The Labute approximate surface area is 201 Å². The smallest absolute Gasteiger partial charge is 0.152 e. The van der Waals surface area contributed by atoms with E-state index >= 15 is 0 Å². The summed E-state index contributed by atoms with van der Waals surface area (Å²) in [7, 11) is 0. The van der Waals surface area contributed by atoms with Crippen molar-refractivity contribution in [2.75, 3.05) is 0 Å². The Morgan fingerprint density at radius 3 is 1.65 bits per heavy atom. The first-order valence-electron chi connectivity index (χ1n) is 11.5.